The molecule has 2 amide bonds. The van der Waals surface area contributed by atoms with Gasteiger partial charge in [-0.1, -0.05) is 6.07 Å². The van der Waals surface area contributed by atoms with Crippen molar-refractivity contribution in [2.24, 2.45) is 5.92 Å². The third kappa shape index (κ3) is 2.99. The first kappa shape index (κ1) is 15.0. The lowest BCUT2D eigenvalue weighted by atomic mass is 9.90. The molecule has 1 saturated carbocycles. The van der Waals surface area contributed by atoms with E-state index in [-0.39, 0.29) is 18.4 Å². The minimum absolute atomic E-state index is 0.0756. The zero-order chi connectivity index (χ0) is 15.7. The molecule has 0 bridgehead atoms. The molecular weight excluding hydrogens is 280 g/mol. The summed E-state index contributed by atoms with van der Waals surface area (Å²) in [5, 5.41) is 15.1. The lowest BCUT2D eigenvalue weighted by Crippen LogP contribution is -2.52. The Morgan fingerprint density at radius 3 is 2.82 bits per heavy atom. The topological polar surface area (TPSA) is 78.4 Å². The Balaban J connectivity index is 1.69. The van der Waals surface area contributed by atoms with Crippen LogP contribution in [-0.2, 0) is 6.42 Å². The normalized spacial score (nSPS) is 20.0. The van der Waals surface area contributed by atoms with E-state index in [0.29, 0.717) is 18.0 Å². The molecule has 3 rings (SSSR count). The number of ketones is 1. The summed E-state index contributed by atoms with van der Waals surface area (Å²) in [6, 6.07) is 5.15. The lowest BCUT2D eigenvalue weighted by Gasteiger charge is -2.28. The average Bonchev–Trinajstić information content (AvgIpc) is 3.33. The second-order valence-electron chi connectivity index (χ2n) is 6.58. The molecule has 5 nitrogen and oxygen atoms in total. The van der Waals surface area contributed by atoms with E-state index >= 15 is 0 Å². The Hall–Kier alpha value is -1.88. The molecule has 2 aliphatic carbocycles. The van der Waals surface area contributed by atoms with Crippen molar-refractivity contribution in [1.82, 2.24) is 5.32 Å². The number of carbonyl (C=O) groups excluding carboxylic acids is 2. The van der Waals surface area contributed by atoms with Crippen molar-refractivity contribution in [1.29, 1.82) is 0 Å². The molecule has 3 N–H and O–H groups in total. The van der Waals surface area contributed by atoms with Gasteiger partial charge in [-0.15, -0.1) is 0 Å². The maximum absolute atomic E-state index is 12.2. The molecule has 1 aromatic rings. The second-order valence-corrected chi connectivity index (χ2v) is 6.58. The van der Waals surface area contributed by atoms with Crippen LogP contribution in [0.25, 0.3) is 0 Å². The number of aliphatic hydroxyl groups is 1. The Labute approximate surface area is 130 Å². The molecule has 0 saturated heterocycles. The highest BCUT2D eigenvalue weighted by atomic mass is 16.3. The molecule has 0 heterocycles. The number of rotatable bonds is 4. The van der Waals surface area contributed by atoms with Crippen LogP contribution >= 0.6 is 0 Å². The monoisotopic (exact) mass is 302 g/mol. The Morgan fingerprint density at radius 1 is 1.36 bits per heavy atom. The summed E-state index contributed by atoms with van der Waals surface area (Å²) in [6.45, 7) is 1.79. The number of urea groups is 1. The number of Topliss-reactive ketones (excluding diaryl/α,β-unsaturated/α-hetero) is 1. The summed E-state index contributed by atoms with van der Waals surface area (Å²) in [5.41, 5.74) is 1.81. The van der Waals surface area contributed by atoms with Crippen LogP contribution < -0.4 is 10.6 Å². The first-order valence-electron chi connectivity index (χ1n) is 7.88. The third-order valence-electron chi connectivity index (χ3n) is 4.72. The SMILES string of the molecule is CC(CO)(NC(=O)Nc1ccc2c(c1)C(=O)CCC2)C1CC1. The van der Waals surface area contributed by atoms with Crippen molar-refractivity contribution < 1.29 is 14.7 Å². The van der Waals surface area contributed by atoms with Crippen LogP contribution in [-0.4, -0.2) is 29.1 Å². The maximum Gasteiger partial charge on any atom is 0.319 e. The van der Waals surface area contributed by atoms with E-state index in [1.165, 1.54) is 0 Å². The van der Waals surface area contributed by atoms with Crippen LogP contribution in [0.5, 0.6) is 0 Å². The predicted molar refractivity (Wildman–Crippen MR) is 84.1 cm³/mol. The summed E-state index contributed by atoms with van der Waals surface area (Å²) >= 11 is 0. The molecule has 1 aromatic carbocycles. The lowest BCUT2D eigenvalue weighted by molar-refractivity contribution is 0.0972. The zero-order valence-corrected chi connectivity index (χ0v) is 12.8. The number of anilines is 1. The highest BCUT2D eigenvalue weighted by molar-refractivity contribution is 6.00. The van der Waals surface area contributed by atoms with Gasteiger partial charge >= 0.3 is 6.03 Å². The van der Waals surface area contributed by atoms with E-state index < -0.39 is 5.54 Å². The molecule has 118 valence electrons. The quantitative estimate of drug-likeness (QED) is 0.799. The Kier molecular flexibility index (Phi) is 3.91. The van der Waals surface area contributed by atoms with Gasteiger partial charge in [0.2, 0.25) is 0 Å². The van der Waals surface area contributed by atoms with Gasteiger partial charge in [-0.05, 0) is 56.2 Å². The number of benzene rings is 1. The predicted octanol–water partition coefficient (Wildman–Crippen LogP) is 2.49. The zero-order valence-electron chi connectivity index (χ0n) is 12.8. The molecule has 0 spiro atoms. The van der Waals surface area contributed by atoms with Crippen LogP contribution in [0.15, 0.2) is 18.2 Å². The molecule has 1 unspecified atom stereocenters. The largest absolute Gasteiger partial charge is 0.394 e. The van der Waals surface area contributed by atoms with Gasteiger partial charge in [-0.2, -0.15) is 0 Å². The summed E-state index contributed by atoms with van der Waals surface area (Å²) < 4.78 is 0. The second kappa shape index (κ2) is 5.72. The Bertz CT molecular complexity index is 610. The fourth-order valence-corrected chi connectivity index (χ4v) is 3.12. The smallest absolute Gasteiger partial charge is 0.319 e. The van der Waals surface area contributed by atoms with Gasteiger partial charge < -0.3 is 15.7 Å². The molecule has 22 heavy (non-hydrogen) atoms. The maximum atomic E-state index is 12.2. The van der Waals surface area contributed by atoms with Crippen LogP contribution in [0, 0.1) is 5.92 Å². The van der Waals surface area contributed by atoms with Gasteiger partial charge in [-0.25, -0.2) is 4.79 Å². The van der Waals surface area contributed by atoms with E-state index in [0.717, 1.165) is 36.8 Å². The van der Waals surface area contributed by atoms with Crippen molar-refractivity contribution in [2.45, 2.75) is 44.6 Å². The minimum atomic E-state index is -0.575. The third-order valence-corrected chi connectivity index (χ3v) is 4.72. The standard InChI is InChI=1S/C17H22N2O3/c1-17(10-20,12-6-7-12)19-16(22)18-13-8-5-11-3-2-4-15(21)14(11)9-13/h5,8-9,12,20H,2-4,6-7,10H2,1H3,(H2,18,19,22). The number of carbonyl (C=O) groups is 2. The highest BCUT2D eigenvalue weighted by Gasteiger charge is 2.42. The van der Waals surface area contributed by atoms with Crippen LogP contribution in [0.4, 0.5) is 10.5 Å². The summed E-state index contributed by atoms with van der Waals surface area (Å²) in [7, 11) is 0. The number of hydrogen-bond donors (Lipinski definition) is 3. The number of aliphatic hydroxyl groups excluding tert-OH is 1. The van der Waals surface area contributed by atoms with E-state index in [1.807, 2.05) is 19.1 Å². The van der Waals surface area contributed by atoms with Gasteiger partial charge in [-0.3, -0.25) is 4.79 Å². The summed E-state index contributed by atoms with van der Waals surface area (Å²) in [4.78, 5) is 24.1. The molecule has 0 radical (unpaired) electrons. The molecule has 0 aromatic heterocycles. The van der Waals surface area contributed by atoms with Gasteiger partial charge in [0.1, 0.15) is 0 Å². The molecule has 1 atom stereocenters. The molecule has 2 aliphatic rings. The highest BCUT2D eigenvalue weighted by Crippen LogP contribution is 2.39. The van der Waals surface area contributed by atoms with Crippen LogP contribution in [0.1, 0.15) is 48.5 Å². The van der Waals surface area contributed by atoms with E-state index in [2.05, 4.69) is 10.6 Å². The number of hydrogen-bond acceptors (Lipinski definition) is 3. The van der Waals surface area contributed by atoms with Gasteiger partial charge in [0.05, 0.1) is 12.1 Å². The number of amides is 2. The molecule has 5 heteroatoms. The van der Waals surface area contributed by atoms with Crippen molar-refractivity contribution >= 4 is 17.5 Å². The fourth-order valence-electron chi connectivity index (χ4n) is 3.12. The van der Waals surface area contributed by atoms with E-state index in [9.17, 15) is 14.7 Å². The van der Waals surface area contributed by atoms with Crippen LogP contribution in [0.2, 0.25) is 0 Å². The summed E-state index contributed by atoms with van der Waals surface area (Å²) in [6.07, 6.45) is 4.45. The van der Waals surface area contributed by atoms with Crippen molar-refractivity contribution in [3.05, 3.63) is 29.3 Å². The van der Waals surface area contributed by atoms with E-state index in [4.69, 9.17) is 0 Å². The van der Waals surface area contributed by atoms with Gasteiger partial charge in [0.15, 0.2) is 5.78 Å². The first-order valence-corrected chi connectivity index (χ1v) is 7.88. The van der Waals surface area contributed by atoms with E-state index in [1.54, 1.807) is 6.07 Å². The number of aryl methyl sites for hydroxylation is 1. The molecule has 1 fully saturated rings. The van der Waals surface area contributed by atoms with Crippen molar-refractivity contribution in [3.63, 3.8) is 0 Å². The van der Waals surface area contributed by atoms with Gasteiger partial charge in [0, 0.05) is 17.7 Å². The Morgan fingerprint density at radius 2 is 2.14 bits per heavy atom. The minimum Gasteiger partial charge on any atom is -0.394 e. The first-order chi connectivity index (χ1) is 10.5. The van der Waals surface area contributed by atoms with Gasteiger partial charge in [0.25, 0.3) is 0 Å². The summed E-state index contributed by atoms with van der Waals surface area (Å²) in [5.74, 6) is 0.483. The number of nitrogens with one attached hydrogen (secondary N) is 2. The molecular formula is C17H22N2O3. The van der Waals surface area contributed by atoms with Crippen molar-refractivity contribution in [2.75, 3.05) is 11.9 Å². The van der Waals surface area contributed by atoms with Crippen molar-refractivity contribution in [3.8, 4) is 0 Å². The van der Waals surface area contributed by atoms with Crippen LogP contribution in [0.3, 0.4) is 0 Å². The average molecular weight is 302 g/mol. The molecule has 0 aliphatic heterocycles. The number of fused-ring (bicyclic) bond motifs is 1. The fraction of sp³-hybridized carbons (Fsp3) is 0.529.